The molecule has 5 aromatic rings. The zero-order valence-corrected chi connectivity index (χ0v) is 38.8. The number of benzene rings is 4. The summed E-state index contributed by atoms with van der Waals surface area (Å²) in [5.41, 5.74) is 4.47. The lowest BCUT2D eigenvalue weighted by atomic mass is 9.95. The van der Waals surface area contributed by atoms with Crippen LogP contribution in [0.15, 0.2) is 91.1 Å². The van der Waals surface area contributed by atoms with E-state index in [1.165, 1.54) is 29.8 Å². The van der Waals surface area contributed by atoms with Crippen molar-refractivity contribution >= 4 is 57.5 Å². The molecule has 10 rings (SSSR count). The summed E-state index contributed by atoms with van der Waals surface area (Å²) in [4.78, 5) is 77.7. The van der Waals surface area contributed by atoms with E-state index < -0.39 is 23.2 Å². The average molecular weight is 937 g/mol. The fraction of sp³-hybridized carbons (Fsp3) is 0.396. The van der Waals surface area contributed by atoms with Gasteiger partial charge < -0.3 is 39.7 Å². The van der Waals surface area contributed by atoms with Gasteiger partial charge in [0.15, 0.2) is 0 Å². The Bertz CT molecular complexity index is 2770. The molecule has 0 unspecified atom stereocenters. The number of aryl methyl sites for hydroxylation is 1. The van der Waals surface area contributed by atoms with Crippen LogP contribution in [-0.2, 0) is 32.1 Å². The second kappa shape index (κ2) is 19.6. The first kappa shape index (κ1) is 45.9. The van der Waals surface area contributed by atoms with Crippen LogP contribution in [0.25, 0.3) is 10.9 Å². The molecule has 5 amide bonds. The zero-order chi connectivity index (χ0) is 47.6. The van der Waals surface area contributed by atoms with Crippen LogP contribution in [0.1, 0.15) is 66.4 Å². The Morgan fingerprint density at radius 1 is 0.826 bits per heavy atom. The molecule has 0 spiro atoms. The fourth-order valence-electron chi connectivity index (χ4n) is 10.4. The zero-order valence-electron chi connectivity index (χ0n) is 38.8. The van der Waals surface area contributed by atoms with Gasteiger partial charge in [-0.1, -0.05) is 12.1 Å². The number of rotatable bonds is 15. The first-order chi connectivity index (χ1) is 33.5. The third kappa shape index (κ3) is 9.86. The van der Waals surface area contributed by atoms with Crippen LogP contribution in [0.2, 0.25) is 0 Å². The van der Waals surface area contributed by atoms with Crippen molar-refractivity contribution in [1.82, 2.24) is 25.0 Å². The number of carbonyl (C=O) groups excluding carboxylic acids is 5. The Hall–Kier alpha value is -6.91. The van der Waals surface area contributed by atoms with E-state index in [0.717, 1.165) is 106 Å². The van der Waals surface area contributed by atoms with Gasteiger partial charge in [-0.3, -0.25) is 34.3 Å². The molecule has 5 heterocycles. The van der Waals surface area contributed by atoms with Gasteiger partial charge in [-0.25, -0.2) is 4.39 Å². The molecule has 3 N–H and O–H groups in total. The summed E-state index contributed by atoms with van der Waals surface area (Å²) < 4.78 is 25.6. The molecule has 1 aromatic heterocycles. The van der Waals surface area contributed by atoms with Gasteiger partial charge in [-0.2, -0.15) is 0 Å². The normalized spacial score (nSPS) is 19.6. The van der Waals surface area contributed by atoms with Crippen LogP contribution in [0.3, 0.4) is 0 Å². The molecule has 69 heavy (non-hydrogen) atoms. The Morgan fingerprint density at radius 3 is 2.20 bits per heavy atom. The number of hydrogen-bond donors (Lipinski definition) is 3. The standard InChI is InChI=1S/C53H57FN8O7/c1-68-47-30-41-43(55-22-17-46(41)69-39-13-11-38(12-14-39)57-52(67)53(20-21-53)51(66)56-37-9-7-36(54)8-10-37)31-45(47)61-24-18-34(19-25-61)32-60-28-26-59(27-29-60)23-3-5-35-4-2-6-40-42(35)33-62(50(40)65)44-15-16-48(63)58-49(44)64/h2,4,6-14,17,22,30-31,34,44H,3,5,15-16,18-21,23-29,32-33H2,1H3,(H,56,66)(H,57,67)(H,58,63,64)/t44-/m0/s1. The number of nitrogens with zero attached hydrogens (tertiary/aromatic N) is 5. The maximum atomic E-state index is 13.3. The Labute approximate surface area is 400 Å². The van der Waals surface area contributed by atoms with E-state index in [0.29, 0.717) is 60.2 Å². The monoisotopic (exact) mass is 936 g/mol. The maximum absolute atomic E-state index is 13.3. The van der Waals surface area contributed by atoms with Crippen molar-refractivity contribution in [2.75, 3.05) is 75.0 Å². The molecule has 16 heteroatoms. The van der Waals surface area contributed by atoms with Crippen molar-refractivity contribution in [3.8, 4) is 17.2 Å². The molecule has 358 valence electrons. The number of methoxy groups -OCH3 is 1. The van der Waals surface area contributed by atoms with E-state index in [2.05, 4.69) is 42.8 Å². The van der Waals surface area contributed by atoms with Crippen LogP contribution in [0, 0.1) is 17.2 Å². The lowest BCUT2D eigenvalue weighted by Gasteiger charge is -2.39. The van der Waals surface area contributed by atoms with Crippen molar-refractivity contribution in [3.05, 3.63) is 114 Å². The van der Waals surface area contributed by atoms with Gasteiger partial charge >= 0.3 is 0 Å². The van der Waals surface area contributed by atoms with Crippen LogP contribution < -0.4 is 30.3 Å². The number of aromatic nitrogens is 1. The van der Waals surface area contributed by atoms with Crippen molar-refractivity contribution in [2.45, 2.75) is 64.0 Å². The second-order valence-corrected chi connectivity index (χ2v) is 19.0. The molecule has 15 nitrogen and oxygen atoms in total. The Kier molecular flexibility index (Phi) is 13.0. The van der Waals surface area contributed by atoms with Gasteiger partial charge in [-0.15, -0.1) is 0 Å². The van der Waals surface area contributed by atoms with Gasteiger partial charge in [0.2, 0.25) is 23.6 Å². The Morgan fingerprint density at radius 2 is 1.52 bits per heavy atom. The predicted octanol–water partition coefficient (Wildman–Crippen LogP) is 6.76. The summed E-state index contributed by atoms with van der Waals surface area (Å²) >= 11 is 0. The maximum Gasteiger partial charge on any atom is 0.255 e. The number of carbonyl (C=O) groups is 5. The highest BCUT2D eigenvalue weighted by Gasteiger charge is 2.56. The van der Waals surface area contributed by atoms with E-state index in [4.69, 9.17) is 14.5 Å². The Balaban J connectivity index is 0.677. The predicted molar refractivity (Wildman–Crippen MR) is 259 cm³/mol. The average Bonchev–Trinajstić information content (AvgIpc) is 4.12. The molecule has 0 bridgehead atoms. The number of amides is 5. The molecule has 1 saturated carbocycles. The lowest BCUT2D eigenvalue weighted by molar-refractivity contribution is -0.137. The number of piperidine rings is 2. The third-order valence-electron chi connectivity index (χ3n) is 14.6. The van der Waals surface area contributed by atoms with Crippen molar-refractivity contribution < 1.29 is 37.8 Å². The quantitative estimate of drug-likeness (QED) is 0.0751. The van der Waals surface area contributed by atoms with Crippen molar-refractivity contribution in [3.63, 3.8) is 0 Å². The number of ether oxygens (including phenoxy) is 2. The molecule has 5 aliphatic rings. The number of piperazine rings is 1. The van der Waals surface area contributed by atoms with Gasteiger partial charge in [0.25, 0.3) is 5.91 Å². The highest BCUT2D eigenvalue weighted by Crippen LogP contribution is 2.48. The SMILES string of the molecule is COc1cc2c(Oc3ccc(NC(=O)C4(C(=O)Nc5ccc(F)cc5)CC4)cc3)ccnc2cc1N1CCC(CN2CCN(CCCc3cccc4c3CN([C@H]3CCC(=O)NC3=O)C4=O)CC2)CC1. The lowest BCUT2D eigenvalue weighted by Crippen LogP contribution is -2.52. The van der Waals surface area contributed by atoms with Crippen molar-refractivity contribution in [1.29, 1.82) is 0 Å². The smallest absolute Gasteiger partial charge is 0.255 e. The third-order valence-corrected chi connectivity index (χ3v) is 14.6. The van der Waals surface area contributed by atoms with Crippen LogP contribution in [0.5, 0.6) is 17.2 Å². The number of nitrogens with one attached hydrogen (secondary N) is 3. The van der Waals surface area contributed by atoms with Gasteiger partial charge in [0.1, 0.15) is 34.5 Å². The highest BCUT2D eigenvalue weighted by molar-refractivity contribution is 6.17. The molecule has 3 saturated heterocycles. The van der Waals surface area contributed by atoms with Crippen molar-refractivity contribution in [2.24, 2.45) is 11.3 Å². The number of imide groups is 1. The summed E-state index contributed by atoms with van der Waals surface area (Å²) in [5, 5.41) is 8.81. The van der Waals surface area contributed by atoms with Gasteiger partial charge in [0, 0.05) is 87.3 Å². The number of pyridine rings is 1. The van der Waals surface area contributed by atoms with E-state index >= 15 is 0 Å². The molecule has 4 aliphatic heterocycles. The first-order valence-corrected chi connectivity index (χ1v) is 24.1. The molecule has 1 aliphatic carbocycles. The minimum Gasteiger partial charge on any atom is -0.495 e. The molecule has 4 aromatic carbocycles. The fourth-order valence-corrected chi connectivity index (χ4v) is 10.4. The first-order valence-electron chi connectivity index (χ1n) is 24.1. The number of hydrogen-bond acceptors (Lipinski definition) is 11. The van der Waals surface area contributed by atoms with Crippen LogP contribution in [-0.4, -0.2) is 115 Å². The molecular formula is C53H57FN8O7. The van der Waals surface area contributed by atoms with E-state index in [9.17, 15) is 28.4 Å². The van der Waals surface area contributed by atoms with Crippen LogP contribution in [0.4, 0.5) is 21.5 Å². The number of anilines is 3. The molecular weight excluding hydrogens is 880 g/mol. The van der Waals surface area contributed by atoms with E-state index in [-0.39, 0.29) is 30.0 Å². The highest BCUT2D eigenvalue weighted by atomic mass is 19.1. The second-order valence-electron chi connectivity index (χ2n) is 19.0. The summed E-state index contributed by atoms with van der Waals surface area (Å²) in [5.74, 6) is 0.561. The summed E-state index contributed by atoms with van der Waals surface area (Å²) in [6, 6.07) is 23.6. The number of halogens is 1. The van der Waals surface area contributed by atoms with Gasteiger partial charge in [0.05, 0.1) is 18.3 Å². The van der Waals surface area contributed by atoms with E-state index in [1.54, 1.807) is 42.5 Å². The van der Waals surface area contributed by atoms with Gasteiger partial charge in [-0.05, 0) is 141 Å². The minimum atomic E-state index is -1.17. The molecule has 0 radical (unpaired) electrons. The minimum absolute atomic E-state index is 0.123. The molecule has 4 fully saturated rings. The topological polar surface area (TPSA) is 166 Å². The molecule has 1 atom stereocenters. The largest absolute Gasteiger partial charge is 0.495 e. The summed E-state index contributed by atoms with van der Waals surface area (Å²) in [6.07, 6.45) is 7.25. The van der Waals surface area contributed by atoms with E-state index in [1.807, 2.05) is 24.3 Å². The van der Waals surface area contributed by atoms with Crippen LogP contribution >= 0.6 is 0 Å². The summed E-state index contributed by atoms with van der Waals surface area (Å²) in [7, 11) is 1.69. The number of fused-ring (bicyclic) bond motifs is 2. The summed E-state index contributed by atoms with van der Waals surface area (Å²) in [6.45, 7) is 8.52.